The maximum absolute atomic E-state index is 12.0. The highest BCUT2D eigenvalue weighted by Crippen LogP contribution is 2.29. The molecule has 1 unspecified atom stereocenters. The number of anilines is 1. The van der Waals surface area contributed by atoms with Gasteiger partial charge in [-0.25, -0.2) is 4.79 Å². The highest BCUT2D eigenvalue weighted by atomic mass is 35.5. The summed E-state index contributed by atoms with van der Waals surface area (Å²) in [6.07, 6.45) is -0.808. The van der Waals surface area contributed by atoms with Crippen LogP contribution < -0.4 is 15.5 Å². The predicted octanol–water partition coefficient (Wildman–Crippen LogP) is 0.719. The molecule has 3 N–H and O–H groups in total. The van der Waals surface area contributed by atoms with Crippen molar-refractivity contribution in [3.8, 4) is 0 Å². The molecule has 1 atom stereocenters. The molecule has 0 spiro atoms. The van der Waals surface area contributed by atoms with Crippen LogP contribution in [0, 0.1) is 0 Å². The molecule has 126 valence electrons. The van der Waals surface area contributed by atoms with Crippen molar-refractivity contribution >= 4 is 46.8 Å². The molecular formula is C14H18Cl2N3O4+. The lowest BCUT2D eigenvalue weighted by Crippen LogP contribution is -3.11. The van der Waals surface area contributed by atoms with Gasteiger partial charge in [-0.05, 0) is 19.1 Å². The van der Waals surface area contributed by atoms with Crippen LogP contribution in [0.5, 0.6) is 0 Å². The topological polar surface area (TPSA) is 88.9 Å². The Morgan fingerprint density at radius 3 is 2.26 bits per heavy atom. The summed E-state index contributed by atoms with van der Waals surface area (Å²) in [6.45, 7) is 1.73. The van der Waals surface area contributed by atoms with Gasteiger partial charge in [0.15, 0.2) is 13.1 Å². The molecule has 0 aliphatic rings. The van der Waals surface area contributed by atoms with E-state index in [1.165, 1.54) is 0 Å². The van der Waals surface area contributed by atoms with Crippen LogP contribution in [-0.4, -0.2) is 44.7 Å². The van der Waals surface area contributed by atoms with E-state index in [9.17, 15) is 14.4 Å². The van der Waals surface area contributed by atoms with Gasteiger partial charge in [0.1, 0.15) is 0 Å². The molecule has 0 aliphatic heterocycles. The first-order chi connectivity index (χ1) is 10.8. The first-order valence-electron chi connectivity index (χ1n) is 6.85. The van der Waals surface area contributed by atoms with E-state index in [-0.39, 0.29) is 25.6 Å². The second-order valence-corrected chi connectivity index (χ2v) is 5.54. The van der Waals surface area contributed by atoms with Crippen molar-refractivity contribution in [1.29, 1.82) is 0 Å². The maximum Gasteiger partial charge on any atom is 0.414 e. The van der Waals surface area contributed by atoms with E-state index in [1.54, 1.807) is 32.2 Å². The Kier molecular flexibility index (Phi) is 7.80. The summed E-state index contributed by atoms with van der Waals surface area (Å²) in [6, 6.07) is 4.87. The Hall–Kier alpha value is -1.83. The summed E-state index contributed by atoms with van der Waals surface area (Å²) in [5, 5.41) is 5.30. The van der Waals surface area contributed by atoms with Gasteiger partial charge in [-0.1, -0.05) is 29.3 Å². The first kappa shape index (κ1) is 19.2. The minimum Gasteiger partial charge on any atom is -0.450 e. The van der Waals surface area contributed by atoms with E-state index in [2.05, 4.69) is 15.4 Å². The van der Waals surface area contributed by atoms with Gasteiger partial charge in [0.25, 0.3) is 11.8 Å². The van der Waals surface area contributed by atoms with Crippen LogP contribution >= 0.6 is 23.2 Å². The van der Waals surface area contributed by atoms with Crippen LogP contribution in [0.2, 0.25) is 10.0 Å². The fourth-order valence-corrected chi connectivity index (χ4v) is 2.23. The van der Waals surface area contributed by atoms with Gasteiger partial charge < -0.3 is 15.0 Å². The van der Waals surface area contributed by atoms with Crippen molar-refractivity contribution in [3.05, 3.63) is 28.2 Å². The number of alkyl carbamates (subject to hydrolysis) is 1. The third-order valence-electron chi connectivity index (χ3n) is 2.67. The first-order valence-corrected chi connectivity index (χ1v) is 7.60. The lowest BCUT2D eigenvalue weighted by Gasteiger charge is -2.14. The monoisotopic (exact) mass is 362 g/mol. The average molecular weight is 363 g/mol. The summed E-state index contributed by atoms with van der Waals surface area (Å²) < 4.78 is 4.59. The lowest BCUT2D eigenvalue weighted by molar-refractivity contribution is -0.862. The molecule has 0 bridgehead atoms. The molecular weight excluding hydrogens is 345 g/mol. The van der Waals surface area contributed by atoms with E-state index in [4.69, 9.17) is 23.2 Å². The summed E-state index contributed by atoms with van der Waals surface area (Å²) in [5.41, 5.74) is 0.324. The van der Waals surface area contributed by atoms with E-state index in [0.29, 0.717) is 20.6 Å². The van der Waals surface area contributed by atoms with E-state index in [1.807, 2.05) is 0 Å². The highest BCUT2D eigenvalue weighted by molar-refractivity contribution is 6.39. The van der Waals surface area contributed by atoms with Gasteiger partial charge in [-0.15, -0.1) is 0 Å². The fraction of sp³-hybridized carbons (Fsp3) is 0.357. The van der Waals surface area contributed by atoms with E-state index in [0.717, 1.165) is 0 Å². The summed E-state index contributed by atoms with van der Waals surface area (Å²) >= 11 is 11.9. The second kappa shape index (κ2) is 9.34. The molecule has 0 saturated heterocycles. The number of hydrogen-bond donors (Lipinski definition) is 3. The third-order valence-corrected chi connectivity index (χ3v) is 3.30. The zero-order valence-corrected chi connectivity index (χ0v) is 14.3. The molecule has 0 saturated carbocycles. The van der Waals surface area contributed by atoms with Gasteiger partial charge in [-0.3, -0.25) is 14.9 Å². The molecule has 1 aromatic carbocycles. The molecule has 1 aromatic rings. The number of likely N-dealkylation sites (N-methyl/N-ethyl adjacent to an activating group) is 1. The number of ether oxygens (including phenoxy) is 1. The third kappa shape index (κ3) is 6.85. The fourth-order valence-electron chi connectivity index (χ4n) is 1.74. The number of rotatable bonds is 6. The smallest absolute Gasteiger partial charge is 0.414 e. The van der Waals surface area contributed by atoms with Crippen molar-refractivity contribution in [3.63, 3.8) is 0 Å². The van der Waals surface area contributed by atoms with E-state index < -0.39 is 12.0 Å². The number of imide groups is 1. The number of nitrogens with one attached hydrogen (secondary N) is 3. The van der Waals surface area contributed by atoms with Gasteiger partial charge in [0.2, 0.25) is 0 Å². The van der Waals surface area contributed by atoms with E-state index >= 15 is 0 Å². The SMILES string of the molecule is CCOC(=O)NC(=O)C[NH+](C)CC(=O)Nc1c(Cl)cccc1Cl. The Balaban J connectivity index is 2.48. The standard InChI is InChI=1S/C14H17Cl2N3O4/c1-3-23-14(22)18-12(21)8-19(2)7-11(20)17-13-9(15)5-4-6-10(13)16/h4-6H,3,7-8H2,1-2H3,(H,17,20)(H,18,21,22)/p+1. The van der Waals surface area contributed by atoms with Crippen molar-refractivity contribution in [2.75, 3.05) is 32.1 Å². The molecule has 9 heteroatoms. The number of para-hydroxylation sites is 1. The Labute approximate surface area is 143 Å². The predicted molar refractivity (Wildman–Crippen MR) is 86.9 cm³/mol. The number of halogens is 2. The second-order valence-electron chi connectivity index (χ2n) is 4.72. The minimum absolute atomic E-state index is 0.00219. The zero-order chi connectivity index (χ0) is 17.4. The van der Waals surface area contributed by atoms with Crippen LogP contribution in [0.15, 0.2) is 18.2 Å². The molecule has 0 fully saturated rings. The molecule has 0 radical (unpaired) electrons. The number of quaternary nitrogens is 1. The quantitative estimate of drug-likeness (QED) is 0.695. The summed E-state index contributed by atoms with van der Waals surface area (Å²) in [5.74, 6) is -0.897. The molecule has 0 aromatic heterocycles. The van der Waals surface area contributed by atoms with Crippen molar-refractivity contribution < 1.29 is 24.0 Å². The van der Waals surface area contributed by atoms with Crippen LogP contribution in [0.3, 0.4) is 0 Å². The average Bonchev–Trinajstić information content (AvgIpc) is 2.42. The number of carbonyl (C=O) groups excluding carboxylic acids is 3. The largest absolute Gasteiger partial charge is 0.450 e. The number of hydrogen-bond acceptors (Lipinski definition) is 4. The van der Waals surface area contributed by atoms with Crippen LogP contribution in [0.1, 0.15) is 6.92 Å². The summed E-state index contributed by atoms with van der Waals surface area (Å²) in [4.78, 5) is 35.2. The normalized spacial score (nSPS) is 11.5. The molecule has 23 heavy (non-hydrogen) atoms. The van der Waals surface area contributed by atoms with Gasteiger partial charge >= 0.3 is 6.09 Å². The summed E-state index contributed by atoms with van der Waals surface area (Å²) in [7, 11) is 1.64. The number of amides is 3. The molecule has 7 nitrogen and oxygen atoms in total. The van der Waals surface area contributed by atoms with Gasteiger partial charge in [-0.2, -0.15) is 0 Å². The van der Waals surface area contributed by atoms with Gasteiger partial charge in [0.05, 0.1) is 29.4 Å². The lowest BCUT2D eigenvalue weighted by atomic mass is 10.3. The number of carbonyl (C=O) groups is 3. The Morgan fingerprint density at radius 2 is 1.70 bits per heavy atom. The van der Waals surface area contributed by atoms with Crippen LogP contribution in [-0.2, 0) is 14.3 Å². The molecule has 1 rings (SSSR count). The molecule has 3 amide bonds. The highest BCUT2D eigenvalue weighted by Gasteiger charge is 2.18. The van der Waals surface area contributed by atoms with Crippen molar-refractivity contribution in [2.45, 2.75) is 6.92 Å². The number of benzene rings is 1. The minimum atomic E-state index is -0.808. The molecule has 0 heterocycles. The van der Waals surface area contributed by atoms with Gasteiger partial charge in [0, 0.05) is 0 Å². The van der Waals surface area contributed by atoms with Crippen LogP contribution in [0.25, 0.3) is 0 Å². The zero-order valence-electron chi connectivity index (χ0n) is 12.7. The van der Waals surface area contributed by atoms with Crippen molar-refractivity contribution in [1.82, 2.24) is 5.32 Å². The maximum atomic E-state index is 12.0. The van der Waals surface area contributed by atoms with Crippen LogP contribution in [0.4, 0.5) is 10.5 Å². The Bertz CT molecular complexity index is 575. The molecule has 0 aliphatic carbocycles. The Morgan fingerprint density at radius 1 is 1.13 bits per heavy atom. The van der Waals surface area contributed by atoms with Crippen molar-refractivity contribution in [2.24, 2.45) is 0 Å².